The molecule has 3 heteroatoms. The number of nitrogens with two attached hydrogens (primary N) is 1. The van der Waals surface area contributed by atoms with Crippen LogP contribution in [0.25, 0.3) is 0 Å². The lowest BCUT2D eigenvalue weighted by Gasteiger charge is -2.16. The largest absolute Gasteiger partial charge is 0.399 e. The molecule has 0 amide bonds. The van der Waals surface area contributed by atoms with Crippen LogP contribution in [0.3, 0.4) is 0 Å². The number of nitrogen functional groups attached to an aromatic ring is 1. The predicted molar refractivity (Wildman–Crippen MR) is 59.0 cm³/mol. The van der Waals surface area contributed by atoms with Crippen molar-refractivity contribution in [2.45, 2.75) is 3.61 Å². The highest BCUT2D eigenvalue weighted by molar-refractivity contribution is 14.1. The van der Waals surface area contributed by atoms with Gasteiger partial charge in [-0.05, 0) is 46.4 Å². The van der Waals surface area contributed by atoms with Crippen molar-refractivity contribution < 1.29 is 5.11 Å². The summed E-state index contributed by atoms with van der Waals surface area (Å²) >= 11 is 1.90. The van der Waals surface area contributed by atoms with Gasteiger partial charge in [0.05, 0.1) is 0 Å². The summed E-state index contributed by atoms with van der Waals surface area (Å²) in [5.74, 6) is 0. The van der Waals surface area contributed by atoms with E-state index in [2.05, 4.69) is 6.58 Å². The first-order valence-electron chi connectivity index (χ1n) is 3.47. The second kappa shape index (κ2) is 3.45. The number of rotatable bonds is 2. The molecule has 1 aromatic carbocycles. The van der Waals surface area contributed by atoms with Gasteiger partial charge >= 0.3 is 0 Å². The van der Waals surface area contributed by atoms with Gasteiger partial charge in [-0.15, -0.1) is 0 Å². The van der Waals surface area contributed by atoms with Crippen LogP contribution in [0, 0.1) is 0 Å². The molecule has 0 aromatic heterocycles. The lowest BCUT2D eigenvalue weighted by Crippen LogP contribution is -2.12. The first kappa shape index (κ1) is 9.54. The zero-order valence-corrected chi connectivity index (χ0v) is 8.65. The zero-order chi connectivity index (χ0) is 9.19. The number of hydrogen-bond acceptors (Lipinski definition) is 2. The van der Waals surface area contributed by atoms with Crippen molar-refractivity contribution in [3.63, 3.8) is 0 Å². The van der Waals surface area contributed by atoms with Crippen molar-refractivity contribution in [2.75, 3.05) is 5.73 Å². The van der Waals surface area contributed by atoms with Crippen molar-refractivity contribution in [1.29, 1.82) is 0 Å². The molecule has 0 spiro atoms. The number of alkyl halides is 1. The Kier molecular flexibility index (Phi) is 2.74. The average molecular weight is 275 g/mol. The van der Waals surface area contributed by atoms with Crippen LogP contribution in [0.4, 0.5) is 5.69 Å². The van der Waals surface area contributed by atoms with Gasteiger partial charge in [-0.1, -0.05) is 18.7 Å². The predicted octanol–water partition coefficient (Wildman–Crippen LogP) is 2.03. The maximum Gasteiger partial charge on any atom is 0.159 e. The molecule has 12 heavy (non-hydrogen) atoms. The normalized spacial score (nSPS) is 15.2. The molecule has 0 bridgehead atoms. The van der Waals surface area contributed by atoms with E-state index in [1.54, 1.807) is 18.2 Å². The molecule has 0 aliphatic rings. The minimum Gasteiger partial charge on any atom is -0.399 e. The van der Waals surface area contributed by atoms with Gasteiger partial charge in [-0.3, -0.25) is 0 Å². The average Bonchev–Trinajstić information content (AvgIpc) is 2.05. The highest BCUT2D eigenvalue weighted by Crippen LogP contribution is 2.30. The summed E-state index contributed by atoms with van der Waals surface area (Å²) in [6.45, 7) is 3.54. The summed E-state index contributed by atoms with van der Waals surface area (Å²) in [6, 6.07) is 7.12. The van der Waals surface area contributed by atoms with E-state index in [0.29, 0.717) is 5.69 Å². The molecule has 1 unspecified atom stereocenters. The molecular formula is C9H10INO. The first-order valence-corrected chi connectivity index (χ1v) is 4.55. The van der Waals surface area contributed by atoms with E-state index in [1.807, 2.05) is 28.7 Å². The smallest absolute Gasteiger partial charge is 0.159 e. The van der Waals surface area contributed by atoms with Crippen molar-refractivity contribution in [1.82, 2.24) is 0 Å². The van der Waals surface area contributed by atoms with Crippen LogP contribution in [0.15, 0.2) is 36.9 Å². The maximum absolute atomic E-state index is 9.73. The molecule has 0 saturated carbocycles. The molecule has 3 N–H and O–H groups in total. The van der Waals surface area contributed by atoms with Crippen molar-refractivity contribution >= 4 is 28.3 Å². The van der Waals surface area contributed by atoms with Crippen molar-refractivity contribution in [3.8, 4) is 0 Å². The summed E-state index contributed by atoms with van der Waals surface area (Å²) < 4.78 is -1.02. The quantitative estimate of drug-likeness (QED) is 0.375. The zero-order valence-electron chi connectivity index (χ0n) is 6.50. The van der Waals surface area contributed by atoms with Crippen molar-refractivity contribution in [2.24, 2.45) is 0 Å². The van der Waals surface area contributed by atoms with Crippen LogP contribution in [0.2, 0.25) is 0 Å². The van der Waals surface area contributed by atoms with Crippen LogP contribution >= 0.6 is 22.6 Å². The van der Waals surface area contributed by atoms with Gasteiger partial charge in [0.25, 0.3) is 0 Å². The minimum atomic E-state index is -1.02. The number of aliphatic hydroxyl groups is 1. The second-order valence-electron chi connectivity index (χ2n) is 2.50. The lowest BCUT2D eigenvalue weighted by molar-refractivity contribution is 0.209. The highest BCUT2D eigenvalue weighted by Gasteiger charge is 2.20. The molecule has 0 heterocycles. The Balaban J connectivity index is 3.11. The molecule has 0 aliphatic heterocycles. The monoisotopic (exact) mass is 275 g/mol. The molecule has 0 aliphatic carbocycles. The Morgan fingerprint density at radius 1 is 1.58 bits per heavy atom. The fraction of sp³-hybridized carbons (Fsp3) is 0.111. The lowest BCUT2D eigenvalue weighted by atomic mass is 10.1. The van der Waals surface area contributed by atoms with Crippen LogP contribution < -0.4 is 5.73 Å². The number of hydrogen-bond donors (Lipinski definition) is 2. The van der Waals surface area contributed by atoms with Gasteiger partial charge < -0.3 is 10.8 Å². The third-order valence-corrected chi connectivity index (χ3v) is 2.63. The number of benzene rings is 1. The van der Waals surface area contributed by atoms with Crippen LogP contribution in [0.5, 0.6) is 0 Å². The summed E-state index contributed by atoms with van der Waals surface area (Å²) in [5, 5.41) is 9.73. The molecule has 0 fully saturated rings. The highest BCUT2D eigenvalue weighted by atomic mass is 127. The fourth-order valence-electron chi connectivity index (χ4n) is 0.875. The number of anilines is 1. The summed E-state index contributed by atoms with van der Waals surface area (Å²) in [7, 11) is 0. The third kappa shape index (κ3) is 1.98. The summed E-state index contributed by atoms with van der Waals surface area (Å²) in [4.78, 5) is 0. The van der Waals surface area contributed by atoms with E-state index in [1.165, 1.54) is 6.08 Å². The topological polar surface area (TPSA) is 46.2 Å². The van der Waals surface area contributed by atoms with Crippen LogP contribution in [-0.4, -0.2) is 5.11 Å². The third-order valence-electron chi connectivity index (χ3n) is 1.56. The van der Waals surface area contributed by atoms with E-state index in [-0.39, 0.29) is 0 Å². The molecule has 0 saturated heterocycles. The molecule has 1 atom stereocenters. The Labute approximate surface area is 85.2 Å². The summed E-state index contributed by atoms with van der Waals surface area (Å²) in [6.07, 6.45) is 1.47. The van der Waals surface area contributed by atoms with Gasteiger partial charge in [0.2, 0.25) is 0 Å². The van der Waals surface area contributed by atoms with Gasteiger partial charge in [0.15, 0.2) is 3.61 Å². The van der Waals surface area contributed by atoms with Gasteiger partial charge in [-0.2, -0.15) is 0 Å². The van der Waals surface area contributed by atoms with Crippen molar-refractivity contribution in [3.05, 3.63) is 42.5 Å². The molecule has 1 aromatic rings. The number of halogens is 1. The molecule has 1 rings (SSSR count). The fourth-order valence-corrected chi connectivity index (χ4v) is 1.21. The Bertz CT molecular complexity index is 296. The van der Waals surface area contributed by atoms with Gasteiger partial charge in [0.1, 0.15) is 0 Å². The first-order chi connectivity index (χ1) is 5.56. The minimum absolute atomic E-state index is 0.643. The molecule has 64 valence electrons. The van der Waals surface area contributed by atoms with Crippen LogP contribution in [-0.2, 0) is 3.61 Å². The van der Waals surface area contributed by atoms with E-state index in [0.717, 1.165) is 5.56 Å². The molecule has 0 radical (unpaired) electrons. The Morgan fingerprint density at radius 2 is 2.25 bits per heavy atom. The second-order valence-corrected chi connectivity index (χ2v) is 4.15. The van der Waals surface area contributed by atoms with E-state index < -0.39 is 3.61 Å². The van der Waals surface area contributed by atoms with E-state index in [4.69, 9.17) is 5.73 Å². The summed E-state index contributed by atoms with van der Waals surface area (Å²) in [5.41, 5.74) is 6.95. The Morgan fingerprint density at radius 3 is 2.75 bits per heavy atom. The SMILES string of the molecule is C=CC(O)(I)c1cccc(N)c1. The Hall–Kier alpha value is -0.550. The van der Waals surface area contributed by atoms with Gasteiger partial charge in [-0.25, -0.2) is 0 Å². The standard InChI is InChI=1S/C9H10INO/c1-2-9(10,12)7-4-3-5-8(11)6-7/h2-6,12H,1,11H2. The van der Waals surface area contributed by atoms with Crippen LogP contribution in [0.1, 0.15) is 5.56 Å². The molecular weight excluding hydrogens is 265 g/mol. The molecule has 2 nitrogen and oxygen atoms in total. The van der Waals surface area contributed by atoms with E-state index >= 15 is 0 Å². The maximum atomic E-state index is 9.73. The van der Waals surface area contributed by atoms with E-state index in [9.17, 15) is 5.11 Å². The van der Waals surface area contributed by atoms with Gasteiger partial charge in [0, 0.05) is 5.69 Å².